The molecule has 6 nitrogen and oxygen atoms in total. The van der Waals surface area contributed by atoms with Crippen LogP contribution in [0.3, 0.4) is 0 Å². The van der Waals surface area contributed by atoms with Crippen molar-refractivity contribution < 1.29 is 23.9 Å². The zero-order valence-corrected chi connectivity index (χ0v) is 21.0. The van der Waals surface area contributed by atoms with E-state index in [1.54, 1.807) is 42.5 Å². The number of hydrogen-bond acceptors (Lipinski definition) is 6. The summed E-state index contributed by atoms with van der Waals surface area (Å²) in [4.78, 5) is 20.9. The van der Waals surface area contributed by atoms with Crippen molar-refractivity contribution in [2.24, 2.45) is 5.90 Å². The average molecular weight is 505 g/mol. The summed E-state index contributed by atoms with van der Waals surface area (Å²) in [6, 6.07) is 12.1. The zero-order valence-electron chi connectivity index (χ0n) is 21.0. The number of likely N-dealkylation sites (tertiary alicyclic amines) is 1. The van der Waals surface area contributed by atoms with Gasteiger partial charge in [-0.15, -0.1) is 0 Å². The fourth-order valence-corrected chi connectivity index (χ4v) is 4.10. The van der Waals surface area contributed by atoms with E-state index in [4.69, 9.17) is 15.5 Å². The van der Waals surface area contributed by atoms with Crippen LogP contribution < -0.4 is 5.90 Å². The van der Waals surface area contributed by atoms with E-state index in [0.717, 1.165) is 26.1 Å². The van der Waals surface area contributed by atoms with Gasteiger partial charge in [0.15, 0.2) is 11.5 Å². The Morgan fingerprint density at radius 2 is 2.00 bits per heavy atom. The second-order valence-electron chi connectivity index (χ2n) is 8.66. The number of halogens is 1. The Morgan fingerprint density at radius 1 is 1.24 bits per heavy atom. The molecular weight excluding hydrogens is 471 g/mol. The summed E-state index contributed by atoms with van der Waals surface area (Å²) >= 11 is 0. The maximum absolute atomic E-state index is 14.7. The lowest BCUT2D eigenvalue weighted by Gasteiger charge is -2.39. The van der Waals surface area contributed by atoms with Crippen LogP contribution in [0.25, 0.3) is 11.3 Å². The Labute approximate surface area is 217 Å². The Morgan fingerprint density at radius 3 is 2.65 bits per heavy atom. The molecule has 3 N–H and O–H groups in total. The summed E-state index contributed by atoms with van der Waals surface area (Å²) in [5.41, 5.74) is 0.736. The first-order valence-electron chi connectivity index (χ1n) is 12.1. The van der Waals surface area contributed by atoms with Gasteiger partial charge >= 0.3 is 0 Å². The number of carbonyl (C=O) groups excluding carboxylic acids is 1. The van der Waals surface area contributed by atoms with E-state index in [-0.39, 0.29) is 40.7 Å². The first kappa shape index (κ1) is 27.6. The number of benzene rings is 2. The largest absolute Gasteiger partial charge is 0.508 e. The van der Waals surface area contributed by atoms with Crippen LogP contribution in [0.2, 0.25) is 0 Å². The zero-order chi connectivity index (χ0) is 26.8. The molecule has 0 saturated carbocycles. The molecule has 0 aliphatic carbocycles. The van der Waals surface area contributed by atoms with Gasteiger partial charge in [0.1, 0.15) is 23.4 Å². The van der Waals surface area contributed by atoms with E-state index >= 15 is 0 Å². The van der Waals surface area contributed by atoms with Gasteiger partial charge in [-0.1, -0.05) is 56.5 Å². The van der Waals surface area contributed by atoms with Crippen LogP contribution in [0.4, 0.5) is 4.39 Å². The Kier molecular flexibility index (Phi) is 10.0. The third-order valence-electron chi connectivity index (χ3n) is 5.87. The molecule has 1 aliphatic rings. The van der Waals surface area contributed by atoms with Gasteiger partial charge < -0.3 is 14.7 Å². The van der Waals surface area contributed by atoms with Crippen LogP contribution in [0.1, 0.15) is 30.9 Å². The number of allylic oxidation sites excluding steroid dienone is 6. The maximum Gasteiger partial charge on any atom is 0.171 e. The molecule has 194 valence electrons. The quantitative estimate of drug-likeness (QED) is 0.161. The molecule has 1 aliphatic heterocycles. The second kappa shape index (κ2) is 13.4. The molecule has 0 radical (unpaired) electrons. The van der Waals surface area contributed by atoms with Crippen molar-refractivity contribution in [3.63, 3.8) is 0 Å². The molecule has 0 spiro atoms. The summed E-state index contributed by atoms with van der Waals surface area (Å²) in [5, 5.41) is 9.94. The first-order valence-corrected chi connectivity index (χ1v) is 12.1. The summed E-state index contributed by atoms with van der Waals surface area (Å²) in [7, 11) is 0. The van der Waals surface area contributed by atoms with E-state index in [0.29, 0.717) is 11.3 Å². The number of ether oxygens (including phenoxy) is 1. The van der Waals surface area contributed by atoms with Gasteiger partial charge in [-0.25, -0.2) is 4.39 Å². The Balaban J connectivity index is 1.87. The number of nitrogens with two attached hydrogens (primary N) is 1. The predicted octanol–water partition coefficient (Wildman–Crippen LogP) is 5.54. The van der Waals surface area contributed by atoms with Crippen molar-refractivity contribution in [2.75, 3.05) is 19.6 Å². The van der Waals surface area contributed by atoms with Crippen molar-refractivity contribution in [1.29, 1.82) is 0 Å². The molecule has 0 bridgehead atoms. The van der Waals surface area contributed by atoms with E-state index < -0.39 is 11.6 Å². The number of Topliss-reactive ketones (excluding diaryl/α,β-unsaturated/α-hetero) is 1. The first-order chi connectivity index (χ1) is 17.9. The molecule has 1 fully saturated rings. The SMILES string of the molecule is C=C/C=C(\C=C/CC(=O)/C(C(=C)c1cccc(O)c1)=C(/ON)c1ccccc1F)OC1CN(CCC)C1. The van der Waals surface area contributed by atoms with Crippen LogP contribution in [0.5, 0.6) is 5.75 Å². The fraction of sp³-hybridized carbons (Fsp3) is 0.233. The standard InChI is InChI=1S/C30H33FN2O4/c1-4-10-24(36-25-19-33(20-25)17-5-2)13-9-16-28(35)29(21(3)22-11-8-12-23(34)18-22)30(37-32)26-14-6-7-15-27(26)31/h4,6-15,18,25,34H,1,3,5,16-17,19-20,32H2,2H3/b13-9-,24-10+,30-29+. The number of rotatable bonds is 13. The molecular formula is C30H33FN2O4. The van der Waals surface area contributed by atoms with Gasteiger partial charge in [-0.2, -0.15) is 5.90 Å². The molecule has 2 aromatic rings. The lowest BCUT2D eigenvalue weighted by atomic mass is 9.91. The highest BCUT2D eigenvalue weighted by atomic mass is 19.1. The minimum atomic E-state index is -0.602. The molecule has 3 rings (SSSR count). The topological polar surface area (TPSA) is 85.0 Å². The lowest BCUT2D eigenvalue weighted by Crippen LogP contribution is -2.51. The highest BCUT2D eigenvalue weighted by Crippen LogP contribution is 2.33. The molecule has 37 heavy (non-hydrogen) atoms. The third-order valence-corrected chi connectivity index (χ3v) is 5.87. The highest BCUT2D eigenvalue weighted by molar-refractivity contribution is 6.15. The van der Waals surface area contributed by atoms with Crippen LogP contribution in [0.15, 0.2) is 97.3 Å². The van der Waals surface area contributed by atoms with Crippen molar-refractivity contribution in [1.82, 2.24) is 4.90 Å². The summed E-state index contributed by atoms with van der Waals surface area (Å²) < 4.78 is 20.7. The number of phenols is 1. The summed E-state index contributed by atoms with van der Waals surface area (Å²) in [6.07, 6.45) is 7.84. The van der Waals surface area contributed by atoms with Gasteiger partial charge in [-0.3, -0.25) is 9.69 Å². The minimum absolute atomic E-state index is 0.00342. The van der Waals surface area contributed by atoms with Crippen LogP contribution in [-0.4, -0.2) is 41.5 Å². The fourth-order valence-electron chi connectivity index (χ4n) is 4.10. The number of hydrogen-bond donors (Lipinski definition) is 2. The monoisotopic (exact) mass is 504 g/mol. The molecule has 2 aromatic carbocycles. The molecule has 0 unspecified atom stereocenters. The minimum Gasteiger partial charge on any atom is -0.508 e. The van der Waals surface area contributed by atoms with Crippen molar-refractivity contribution >= 4 is 17.1 Å². The van der Waals surface area contributed by atoms with Gasteiger partial charge in [0.25, 0.3) is 0 Å². The van der Waals surface area contributed by atoms with E-state index in [1.807, 2.05) is 0 Å². The second-order valence-corrected chi connectivity index (χ2v) is 8.66. The molecule has 1 saturated heterocycles. The number of nitrogens with zero attached hydrogens (tertiary/aromatic N) is 1. The Bertz CT molecular complexity index is 1230. The molecule has 0 aromatic heterocycles. The average Bonchev–Trinajstić information content (AvgIpc) is 2.86. The summed E-state index contributed by atoms with van der Waals surface area (Å²) in [5.74, 6) is 4.99. The lowest BCUT2D eigenvalue weighted by molar-refractivity contribution is -0.114. The van der Waals surface area contributed by atoms with Crippen LogP contribution >= 0.6 is 0 Å². The molecule has 7 heteroatoms. The maximum atomic E-state index is 14.7. The van der Waals surface area contributed by atoms with Crippen molar-refractivity contribution in [2.45, 2.75) is 25.9 Å². The van der Waals surface area contributed by atoms with Gasteiger partial charge in [0.05, 0.1) is 11.1 Å². The van der Waals surface area contributed by atoms with Gasteiger partial charge in [-0.05, 0) is 60.5 Å². The summed E-state index contributed by atoms with van der Waals surface area (Å²) in [6.45, 7) is 12.7. The van der Waals surface area contributed by atoms with E-state index in [2.05, 4.69) is 25.0 Å². The number of aromatic hydroxyl groups is 1. The van der Waals surface area contributed by atoms with Crippen LogP contribution in [-0.2, 0) is 14.4 Å². The third kappa shape index (κ3) is 7.29. The predicted molar refractivity (Wildman–Crippen MR) is 144 cm³/mol. The molecule has 0 atom stereocenters. The normalized spacial score (nSPS) is 15.2. The van der Waals surface area contributed by atoms with Gasteiger partial charge in [0.2, 0.25) is 0 Å². The van der Waals surface area contributed by atoms with Crippen LogP contribution in [0, 0.1) is 5.82 Å². The molecule has 1 heterocycles. The van der Waals surface area contributed by atoms with Crippen molar-refractivity contribution in [3.8, 4) is 5.75 Å². The number of phenolic OH excluding ortho intramolecular Hbond substituents is 1. The van der Waals surface area contributed by atoms with E-state index in [1.165, 1.54) is 30.3 Å². The number of ketones is 1. The molecule has 0 amide bonds. The smallest absolute Gasteiger partial charge is 0.171 e. The highest BCUT2D eigenvalue weighted by Gasteiger charge is 2.28. The number of carbonyl (C=O) groups is 1. The van der Waals surface area contributed by atoms with Crippen molar-refractivity contribution in [3.05, 3.63) is 114 Å². The van der Waals surface area contributed by atoms with Gasteiger partial charge in [0, 0.05) is 19.5 Å². The van der Waals surface area contributed by atoms with E-state index in [9.17, 15) is 14.3 Å². The Hall–Kier alpha value is -3.94.